The molecule has 0 unspecified atom stereocenters. The van der Waals surface area contributed by atoms with E-state index in [1.165, 1.54) is 68.5 Å². The predicted molar refractivity (Wildman–Crippen MR) is 159 cm³/mol. The van der Waals surface area contributed by atoms with Crippen molar-refractivity contribution in [1.82, 2.24) is 15.5 Å². The second-order valence-corrected chi connectivity index (χ2v) is 8.00. The van der Waals surface area contributed by atoms with Gasteiger partial charge in [0.1, 0.15) is 0 Å². The number of likely N-dealkylation sites (N-methyl/N-ethyl adjacent to an activating group) is 1. The average Bonchev–Trinajstić information content (AvgIpc) is 3.06. The first-order chi connectivity index (χ1) is 16.5. The molecule has 0 saturated heterocycles. The van der Waals surface area contributed by atoms with Crippen molar-refractivity contribution in [3.63, 3.8) is 0 Å². The van der Waals surface area contributed by atoms with Gasteiger partial charge in [-0.1, -0.05) is 112 Å². The van der Waals surface area contributed by atoms with Crippen molar-refractivity contribution in [1.29, 1.82) is 0 Å². The molecule has 0 aromatic rings. The Morgan fingerprint density at radius 3 is 1.97 bits per heavy atom. The fourth-order valence-corrected chi connectivity index (χ4v) is 2.92. The van der Waals surface area contributed by atoms with Crippen molar-refractivity contribution in [3.8, 4) is 0 Å². The number of hydrogen-bond acceptors (Lipinski definition) is 3. The van der Waals surface area contributed by atoms with Gasteiger partial charge < -0.3 is 15.5 Å². The van der Waals surface area contributed by atoms with Crippen LogP contribution in [0, 0.1) is 0 Å². The summed E-state index contributed by atoms with van der Waals surface area (Å²) < 4.78 is 0. The smallest absolute Gasteiger partial charge is 0.0272 e. The molecule has 0 spiro atoms. The molecule has 200 valence electrons. The molecule has 1 aliphatic carbocycles. The lowest BCUT2D eigenvalue weighted by atomic mass is 10.1. The zero-order valence-electron chi connectivity index (χ0n) is 24.8. The van der Waals surface area contributed by atoms with Crippen LogP contribution in [0.25, 0.3) is 0 Å². The van der Waals surface area contributed by atoms with Crippen LogP contribution in [0.4, 0.5) is 0 Å². The lowest BCUT2D eigenvalue weighted by Crippen LogP contribution is -2.33. The molecule has 1 rings (SSSR count). The van der Waals surface area contributed by atoms with E-state index in [9.17, 15) is 0 Å². The van der Waals surface area contributed by atoms with Gasteiger partial charge in [0.05, 0.1) is 0 Å². The first-order valence-corrected chi connectivity index (χ1v) is 14.1. The first kappa shape index (κ1) is 36.8. The number of hydrogen-bond donors (Lipinski definition) is 2. The average molecular weight is 476 g/mol. The Bertz CT molecular complexity index is 557. The highest BCUT2D eigenvalue weighted by Gasteiger charge is 2.06. The first-order valence-electron chi connectivity index (χ1n) is 14.1. The van der Waals surface area contributed by atoms with Crippen LogP contribution in [0.2, 0.25) is 0 Å². The van der Waals surface area contributed by atoms with E-state index in [1.807, 2.05) is 40.8 Å². The standard InChI is InChI=1S/C23H39N3.C4H10.2C2H6/c1-6-8-16-26(17-9-7-2)18-15-25-23-12-10-11-22(19-20(23)3)14-13-21(4)24-5;1-3-4-2;2*1-2/h10-11,13-14,19,24-25H,4,6-9,12,15-18H2,1-3,5H3;3-4H2,1-2H3;2*1-2H3/b14-13+;;;. The quantitative estimate of drug-likeness (QED) is 0.246. The summed E-state index contributed by atoms with van der Waals surface area (Å²) in [5, 5.41) is 6.73. The lowest BCUT2D eigenvalue weighted by molar-refractivity contribution is 0.267. The number of allylic oxidation sites excluding steroid dienone is 7. The van der Waals surface area contributed by atoms with Gasteiger partial charge >= 0.3 is 0 Å². The Hall–Kier alpha value is -1.74. The van der Waals surface area contributed by atoms with Gasteiger partial charge in [-0.2, -0.15) is 0 Å². The molecule has 0 amide bonds. The van der Waals surface area contributed by atoms with E-state index in [4.69, 9.17) is 0 Å². The van der Waals surface area contributed by atoms with Crippen molar-refractivity contribution in [2.24, 2.45) is 0 Å². The van der Waals surface area contributed by atoms with Crippen LogP contribution in [-0.2, 0) is 0 Å². The molecule has 0 heterocycles. The van der Waals surface area contributed by atoms with E-state index < -0.39 is 0 Å². The Morgan fingerprint density at radius 2 is 1.50 bits per heavy atom. The Kier molecular flexibility index (Phi) is 31.7. The van der Waals surface area contributed by atoms with Gasteiger partial charge in [0.15, 0.2) is 0 Å². The molecule has 0 fully saturated rings. The van der Waals surface area contributed by atoms with Crippen LogP contribution in [0.3, 0.4) is 0 Å². The van der Waals surface area contributed by atoms with Crippen LogP contribution in [0.15, 0.2) is 59.5 Å². The summed E-state index contributed by atoms with van der Waals surface area (Å²) in [7, 11) is 1.89. The highest BCUT2D eigenvalue weighted by Crippen LogP contribution is 2.17. The highest BCUT2D eigenvalue weighted by atomic mass is 15.1. The van der Waals surface area contributed by atoms with Crippen molar-refractivity contribution in [2.75, 3.05) is 33.2 Å². The van der Waals surface area contributed by atoms with Gasteiger partial charge in [-0.3, -0.25) is 0 Å². The van der Waals surface area contributed by atoms with Crippen LogP contribution in [0.1, 0.15) is 107 Å². The minimum Gasteiger partial charge on any atom is -0.389 e. The third-order valence-electron chi connectivity index (χ3n) is 5.21. The second-order valence-electron chi connectivity index (χ2n) is 8.00. The van der Waals surface area contributed by atoms with Crippen LogP contribution in [0.5, 0.6) is 0 Å². The normalized spacial score (nSPS) is 12.5. The minimum atomic E-state index is 0.919. The SMILES string of the molecule is C=C(/C=C/C1=CC(C)=C(NCCN(CCCC)CCCC)CC=C1)NC.CC.CC.CCCC. The third kappa shape index (κ3) is 22.1. The van der Waals surface area contributed by atoms with Gasteiger partial charge in [-0.15, -0.1) is 0 Å². The summed E-state index contributed by atoms with van der Waals surface area (Å²) >= 11 is 0. The molecule has 34 heavy (non-hydrogen) atoms. The van der Waals surface area contributed by atoms with Gasteiger partial charge in [0.25, 0.3) is 0 Å². The maximum atomic E-state index is 3.94. The summed E-state index contributed by atoms with van der Waals surface area (Å²) in [6.45, 7) is 27.6. The van der Waals surface area contributed by atoms with E-state index in [-0.39, 0.29) is 0 Å². The van der Waals surface area contributed by atoms with Gasteiger partial charge in [0, 0.05) is 38.0 Å². The van der Waals surface area contributed by atoms with Crippen molar-refractivity contribution >= 4 is 0 Å². The van der Waals surface area contributed by atoms with Crippen molar-refractivity contribution < 1.29 is 0 Å². The molecule has 0 aromatic heterocycles. The van der Waals surface area contributed by atoms with Gasteiger partial charge in [-0.05, 0) is 50.1 Å². The predicted octanol–water partition coefficient (Wildman–Crippen LogP) is 8.79. The van der Waals surface area contributed by atoms with E-state index in [0.29, 0.717) is 0 Å². The molecular weight excluding hydrogens is 414 g/mol. The molecule has 0 radical (unpaired) electrons. The monoisotopic (exact) mass is 475 g/mol. The van der Waals surface area contributed by atoms with Crippen molar-refractivity contribution in [2.45, 2.75) is 107 Å². The zero-order valence-corrected chi connectivity index (χ0v) is 24.8. The number of nitrogens with one attached hydrogen (secondary N) is 2. The van der Waals surface area contributed by atoms with E-state index >= 15 is 0 Å². The summed E-state index contributed by atoms with van der Waals surface area (Å²) in [5.74, 6) is 0. The summed E-state index contributed by atoms with van der Waals surface area (Å²) in [4.78, 5) is 2.61. The molecule has 0 bridgehead atoms. The summed E-state index contributed by atoms with van der Waals surface area (Å²) in [5.41, 5.74) is 4.78. The fourth-order valence-electron chi connectivity index (χ4n) is 2.92. The molecule has 3 nitrogen and oxygen atoms in total. The molecule has 1 aliphatic rings. The van der Waals surface area contributed by atoms with Crippen LogP contribution < -0.4 is 10.6 Å². The number of unbranched alkanes of at least 4 members (excludes halogenated alkanes) is 3. The number of nitrogens with zero attached hydrogens (tertiary/aromatic N) is 1. The van der Waals surface area contributed by atoms with Crippen LogP contribution >= 0.6 is 0 Å². The second kappa shape index (κ2) is 29.3. The van der Waals surface area contributed by atoms with Gasteiger partial charge in [0.2, 0.25) is 0 Å². The molecule has 3 heteroatoms. The molecule has 0 aromatic carbocycles. The minimum absolute atomic E-state index is 0.919. The highest BCUT2D eigenvalue weighted by molar-refractivity contribution is 5.43. The number of rotatable bonds is 14. The van der Waals surface area contributed by atoms with Crippen LogP contribution in [-0.4, -0.2) is 38.1 Å². The topological polar surface area (TPSA) is 27.3 Å². The molecule has 0 aliphatic heterocycles. The van der Waals surface area contributed by atoms with E-state index in [0.717, 1.165) is 25.2 Å². The van der Waals surface area contributed by atoms with E-state index in [2.05, 4.69) is 81.0 Å². The summed E-state index contributed by atoms with van der Waals surface area (Å²) in [6.07, 6.45) is 19.5. The van der Waals surface area contributed by atoms with Crippen molar-refractivity contribution in [3.05, 3.63) is 59.5 Å². The largest absolute Gasteiger partial charge is 0.389 e. The van der Waals surface area contributed by atoms with Gasteiger partial charge in [-0.25, -0.2) is 0 Å². The third-order valence-corrected chi connectivity index (χ3v) is 5.21. The molecule has 2 N–H and O–H groups in total. The molecular formula is C31H61N3. The maximum Gasteiger partial charge on any atom is 0.0272 e. The molecule has 0 saturated carbocycles. The maximum absolute atomic E-state index is 3.94. The summed E-state index contributed by atoms with van der Waals surface area (Å²) in [6, 6.07) is 0. The Morgan fingerprint density at radius 1 is 0.941 bits per heavy atom. The fraction of sp³-hybridized carbons (Fsp3) is 0.677. The zero-order chi connectivity index (χ0) is 26.6. The molecule has 0 atom stereocenters. The Labute approximate surface area is 215 Å². The Balaban J connectivity index is -0.00000106. The van der Waals surface area contributed by atoms with E-state index in [1.54, 1.807) is 0 Å². The lowest BCUT2D eigenvalue weighted by Gasteiger charge is -2.23.